The molecule has 0 saturated heterocycles. The monoisotopic (exact) mass is 825 g/mol. The van der Waals surface area contributed by atoms with Gasteiger partial charge in [-0.2, -0.15) is 0 Å². The van der Waals surface area contributed by atoms with Gasteiger partial charge in [0.1, 0.15) is 0 Å². The predicted octanol–water partition coefficient (Wildman–Crippen LogP) is 16.5. The number of aromatic nitrogens is 3. The van der Waals surface area contributed by atoms with Crippen LogP contribution in [-0.4, -0.2) is 14.5 Å². The van der Waals surface area contributed by atoms with Crippen LogP contribution in [0.3, 0.4) is 0 Å². The van der Waals surface area contributed by atoms with Crippen LogP contribution in [-0.2, 0) is 0 Å². The average molecular weight is 826 g/mol. The number of nitrogens with zero attached hydrogens (tertiary/aromatic N) is 3. The van der Waals surface area contributed by atoms with E-state index in [9.17, 15) is 0 Å². The Kier molecular flexibility index (Phi) is 8.53. The summed E-state index contributed by atoms with van der Waals surface area (Å²) < 4.78 is 2.29. The predicted molar refractivity (Wildman–Crippen MR) is 274 cm³/mol. The summed E-state index contributed by atoms with van der Waals surface area (Å²) in [6, 6.07) is 85.4. The first kappa shape index (κ1) is 36.9. The summed E-state index contributed by atoms with van der Waals surface area (Å²) >= 11 is 0. The third kappa shape index (κ3) is 6.28. The third-order valence-corrected chi connectivity index (χ3v) is 13.2. The van der Waals surface area contributed by atoms with Crippen LogP contribution in [0.1, 0.15) is 0 Å². The Morgan fingerprint density at radius 3 is 1.58 bits per heavy atom. The quantitative estimate of drug-likeness (QED) is 0.167. The summed E-state index contributed by atoms with van der Waals surface area (Å²) in [5, 5.41) is 10.5. The van der Waals surface area contributed by atoms with Gasteiger partial charge in [-0.3, -0.25) is 4.57 Å². The van der Waals surface area contributed by atoms with Crippen LogP contribution in [0.15, 0.2) is 237 Å². The molecule has 0 aliphatic heterocycles. The molecule has 3 heteroatoms. The van der Waals surface area contributed by atoms with Crippen molar-refractivity contribution < 1.29 is 0 Å². The zero-order valence-electron chi connectivity index (χ0n) is 35.4. The van der Waals surface area contributed by atoms with E-state index in [0.29, 0.717) is 5.95 Å². The van der Waals surface area contributed by atoms with Crippen molar-refractivity contribution in [2.45, 2.75) is 0 Å². The normalized spacial score (nSPS) is 11.7. The molecule has 0 radical (unpaired) electrons. The van der Waals surface area contributed by atoms with Crippen molar-refractivity contribution in [1.82, 2.24) is 14.5 Å². The molecule has 302 valence electrons. The fourth-order valence-corrected chi connectivity index (χ4v) is 9.94. The molecular formula is C62H39N3. The highest BCUT2D eigenvalue weighted by atomic mass is 15.2. The van der Waals surface area contributed by atoms with E-state index in [2.05, 4.69) is 241 Å². The molecule has 3 nitrogen and oxygen atoms in total. The van der Waals surface area contributed by atoms with E-state index < -0.39 is 0 Å². The van der Waals surface area contributed by atoms with Crippen molar-refractivity contribution in [3.05, 3.63) is 237 Å². The molecule has 0 atom stereocenters. The molecule has 13 aromatic rings. The maximum atomic E-state index is 5.70. The minimum Gasteiger partial charge on any atom is -0.278 e. The molecule has 0 fully saturated rings. The second-order valence-corrected chi connectivity index (χ2v) is 17.0. The van der Waals surface area contributed by atoms with E-state index in [0.717, 1.165) is 71.6 Å². The summed E-state index contributed by atoms with van der Waals surface area (Å²) in [6.07, 6.45) is 0. The lowest BCUT2D eigenvalue weighted by atomic mass is 9.90. The van der Waals surface area contributed by atoms with Crippen molar-refractivity contribution >= 4 is 65.0 Å². The van der Waals surface area contributed by atoms with Gasteiger partial charge in [0, 0.05) is 21.7 Å². The Bertz CT molecular complexity index is 3970. The highest BCUT2D eigenvalue weighted by Crippen LogP contribution is 2.42. The highest BCUT2D eigenvalue weighted by molar-refractivity contribution is 6.15. The molecule has 2 heterocycles. The minimum atomic E-state index is 0.633. The molecule has 0 saturated carbocycles. The second kappa shape index (κ2) is 15.0. The maximum Gasteiger partial charge on any atom is 0.235 e. The van der Waals surface area contributed by atoms with Crippen molar-refractivity contribution in [3.8, 4) is 61.7 Å². The van der Waals surface area contributed by atoms with Crippen LogP contribution in [0, 0.1) is 0 Å². The van der Waals surface area contributed by atoms with E-state index in [1.54, 1.807) is 0 Å². The molecular weight excluding hydrogens is 787 g/mol. The second-order valence-electron chi connectivity index (χ2n) is 17.0. The van der Waals surface area contributed by atoms with Crippen LogP contribution in [0.2, 0.25) is 0 Å². The van der Waals surface area contributed by atoms with Gasteiger partial charge in [0.05, 0.1) is 22.2 Å². The maximum absolute atomic E-state index is 5.70. The molecule has 11 aromatic carbocycles. The van der Waals surface area contributed by atoms with Crippen molar-refractivity contribution in [2.24, 2.45) is 0 Å². The molecule has 0 unspecified atom stereocenters. The topological polar surface area (TPSA) is 30.7 Å². The van der Waals surface area contributed by atoms with E-state index in [1.807, 2.05) is 0 Å². The lowest BCUT2D eigenvalue weighted by Crippen LogP contribution is -2.04. The standard InChI is InChI=1S/C62H39N3/c1-3-14-40(15-4-1)42-26-29-45(30-27-42)53-38-57-58(39-54(53)44-17-5-2-6-18-44)63-62(64-61(57)52-25-13-23-43-19-11-12-24-51(43)52)65-59-33-32-50(49-31-28-41-16-7-8-20-46(41)34-49)36-55(59)56-35-47-21-9-10-22-48(47)37-60(56)65/h1-39H. The molecule has 0 aliphatic rings. The van der Waals surface area contributed by atoms with Crippen LogP contribution in [0.4, 0.5) is 0 Å². The van der Waals surface area contributed by atoms with Crippen LogP contribution < -0.4 is 0 Å². The van der Waals surface area contributed by atoms with Crippen LogP contribution in [0.25, 0.3) is 127 Å². The molecule has 0 bridgehead atoms. The van der Waals surface area contributed by atoms with Crippen molar-refractivity contribution in [3.63, 3.8) is 0 Å². The number of benzene rings is 11. The van der Waals surface area contributed by atoms with Gasteiger partial charge in [0.15, 0.2) is 0 Å². The van der Waals surface area contributed by atoms with Gasteiger partial charge >= 0.3 is 0 Å². The largest absolute Gasteiger partial charge is 0.278 e. The smallest absolute Gasteiger partial charge is 0.235 e. The molecule has 0 amide bonds. The van der Waals surface area contributed by atoms with Gasteiger partial charge in [-0.25, -0.2) is 9.97 Å². The Morgan fingerprint density at radius 2 is 0.800 bits per heavy atom. The van der Waals surface area contributed by atoms with Gasteiger partial charge in [-0.1, -0.05) is 194 Å². The van der Waals surface area contributed by atoms with Crippen molar-refractivity contribution in [2.75, 3.05) is 0 Å². The number of fused-ring (bicyclic) bond motifs is 7. The molecule has 65 heavy (non-hydrogen) atoms. The average Bonchev–Trinajstić information content (AvgIpc) is 3.69. The summed E-state index contributed by atoms with van der Waals surface area (Å²) in [5.74, 6) is 0.633. The Balaban J connectivity index is 1.10. The molecule has 2 aromatic heterocycles. The van der Waals surface area contributed by atoms with Crippen LogP contribution >= 0.6 is 0 Å². The lowest BCUT2D eigenvalue weighted by molar-refractivity contribution is 1.01. The molecule has 0 N–H and O–H groups in total. The first-order valence-electron chi connectivity index (χ1n) is 22.2. The van der Waals surface area contributed by atoms with Gasteiger partial charge in [0.25, 0.3) is 0 Å². The van der Waals surface area contributed by atoms with Gasteiger partial charge in [0.2, 0.25) is 5.95 Å². The van der Waals surface area contributed by atoms with E-state index in [4.69, 9.17) is 9.97 Å². The number of hydrogen-bond donors (Lipinski definition) is 0. The lowest BCUT2D eigenvalue weighted by Gasteiger charge is -2.17. The highest BCUT2D eigenvalue weighted by Gasteiger charge is 2.22. The van der Waals surface area contributed by atoms with Crippen molar-refractivity contribution in [1.29, 1.82) is 0 Å². The van der Waals surface area contributed by atoms with Crippen LogP contribution in [0.5, 0.6) is 0 Å². The first-order chi connectivity index (χ1) is 32.2. The van der Waals surface area contributed by atoms with Gasteiger partial charge < -0.3 is 0 Å². The molecule has 13 rings (SSSR count). The summed E-state index contributed by atoms with van der Waals surface area (Å²) in [6.45, 7) is 0. The third-order valence-electron chi connectivity index (χ3n) is 13.2. The zero-order chi connectivity index (χ0) is 42.8. The Labute approximate surface area is 376 Å². The first-order valence-corrected chi connectivity index (χ1v) is 22.2. The van der Waals surface area contributed by atoms with Gasteiger partial charge in [-0.05, 0) is 119 Å². The SMILES string of the molecule is c1ccc(-c2ccc(-c3cc4c(-c5cccc6ccccc56)nc(-n5c6ccc(-c7ccc8ccccc8c7)cc6c6cc7ccccc7cc65)nc4cc3-c3ccccc3)cc2)cc1. The fourth-order valence-electron chi connectivity index (χ4n) is 9.94. The number of hydrogen-bond acceptors (Lipinski definition) is 2. The number of rotatable bonds is 6. The zero-order valence-corrected chi connectivity index (χ0v) is 35.4. The van der Waals surface area contributed by atoms with E-state index in [1.165, 1.54) is 49.2 Å². The molecule has 0 aliphatic carbocycles. The Hall–Kier alpha value is -8.66. The Morgan fingerprint density at radius 1 is 0.262 bits per heavy atom. The summed E-state index contributed by atoms with van der Waals surface area (Å²) in [5.41, 5.74) is 14.2. The summed E-state index contributed by atoms with van der Waals surface area (Å²) in [7, 11) is 0. The van der Waals surface area contributed by atoms with Gasteiger partial charge in [-0.15, -0.1) is 0 Å². The van der Waals surface area contributed by atoms with E-state index in [-0.39, 0.29) is 0 Å². The molecule has 0 spiro atoms. The van der Waals surface area contributed by atoms with E-state index >= 15 is 0 Å². The fraction of sp³-hybridized carbons (Fsp3) is 0. The minimum absolute atomic E-state index is 0.633. The summed E-state index contributed by atoms with van der Waals surface area (Å²) in [4.78, 5) is 11.3.